The van der Waals surface area contributed by atoms with Crippen molar-refractivity contribution < 1.29 is 13.2 Å². The Morgan fingerprint density at radius 3 is 2.81 bits per heavy atom. The zero-order valence-electron chi connectivity index (χ0n) is 12.3. The SMILES string of the molecule is CC(=O)Nc1cc(S(=O)(=O)NCC2CCCN2)ccc1C. The molecule has 2 rings (SSSR count). The molecule has 1 aromatic carbocycles. The topological polar surface area (TPSA) is 87.3 Å². The highest BCUT2D eigenvalue weighted by Gasteiger charge is 2.20. The fourth-order valence-corrected chi connectivity index (χ4v) is 3.42. The number of nitrogens with one attached hydrogen (secondary N) is 3. The fraction of sp³-hybridized carbons (Fsp3) is 0.500. The van der Waals surface area contributed by atoms with E-state index in [4.69, 9.17) is 0 Å². The summed E-state index contributed by atoms with van der Waals surface area (Å²) in [4.78, 5) is 11.3. The number of amides is 1. The van der Waals surface area contributed by atoms with Crippen LogP contribution in [0.25, 0.3) is 0 Å². The van der Waals surface area contributed by atoms with Crippen molar-refractivity contribution in [2.75, 3.05) is 18.4 Å². The van der Waals surface area contributed by atoms with Crippen LogP contribution in [0.5, 0.6) is 0 Å². The van der Waals surface area contributed by atoms with Gasteiger partial charge in [-0.15, -0.1) is 0 Å². The Balaban J connectivity index is 2.13. The lowest BCUT2D eigenvalue weighted by Gasteiger charge is -2.13. The second-order valence-electron chi connectivity index (χ2n) is 5.30. The molecular weight excluding hydrogens is 290 g/mol. The third kappa shape index (κ3) is 4.26. The normalized spacial score (nSPS) is 18.7. The third-order valence-electron chi connectivity index (χ3n) is 3.51. The van der Waals surface area contributed by atoms with Crippen LogP contribution in [-0.4, -0.2) is 33.5 Å². The van der Waals surface area contributed by atoms with E-state index in [0.717, 1.165) is 24.9 Å². The van der Waals surface area contributed by atoms with Gasteiger partial charge in [-0.2, -0.15) is 0 Å². The van der Waals surface area contributed by atoms with Gasteiger partial charge in [-0.05, 0) is 44.0 Å². The molecule has 1 heterocycles. The van der Waals surface area contributed by atoms with Gasteiger partial charge in [0.15, 0.2) is 0 Å². The Kier molecular flexibility index (Phi) is 4.97. The molecule has 0 saturated carbocycles. The Morgan fingerprint density at radius 1 is 1.43 bits per heavy atom. The molecule has 116 valence electrons. The molecular formula is C14H21N3O3S. The molecule has 7 heteroatoms. The Labute approximate surface area is 125 Å². The Hall–Kier alpha value is -1.44. The number of anilines is 1. The molecule has 1 amide bonds. The number of sulfonamides is 1. The molecule has 0 spiro atoms. The monoisotopic (exact) mass is 311 g/mol. The summed E-state index contributed by atoms with van der Waals surface area (Å²) in [6.07, 6.45) is 2.05. The van der Waals surface area contributed by atoms with Crippen molar-refractivity contribution >= 4 is 21.6 Å². The van der Waals surface area contributed by atoms with Crippen LogP contribution in [0.4, 0.5) is 5.69 Å². The van der Waals surface area contributed by atoms with Gasteiger partial charge < -0.3 is 10.6 Å². The maximum Gasteiger partial charge on any atom is 0.240 e. The molecule has 1 saturated heterocycles. The highest BCUT2D eigenvalue weighted by atomic mass is 32.2. The molecule has 1 atom stereocenters. The van der Waals surface area contributed by atoms with Crippen LogP contribution in [0, 0.1) is 6.92 Å². The summed E-state index contributed by atoms with van der Waals surface area (Å²) < 4.78 is 27.2. The quantitative estimate of drug-likeness (QED) is 0.756. The first-order chi connectivity index (χ1) is 9.88. The standard InChI is InChI=1S/C14H21N3O3S/c1-10-5-6-13(8-14(10)17-11(2)18)21(19,20)16-9-12-4-3-7-15-12/h5-6,8,12,15-16H,3-4,7,9H2,1-2H3,(H,17,18). The van der Waals surface area contributed by atoms with Gasteiger partial charge in [-0.3, -0.25) is 4.79 Å². The van der Waals surface area contributed by atoms with Gasteiger partial charge in [-0.1, -0.05) is 6.07 Å². The molecule has 21 heavy (non-hydrogen) atoms. The van der Waals surface area contributed by atoms with Crippen LogP contribution >= 0.6 is 0 Å². The molecule has 0 radical (unpaired) electrons. The second kappa shape index (κ2) is 6.55. The van der Waals surface area contributed by atoms with Gasteiger partial charge in [0.1, 0.15) is 0 Å². The van der Waals surface area contributed by atoms with E-state index in [1.54, 1.807) is 12.1 Å². The maximum absolute atomic E-state index is 12.3. The molecule has 6 nitrogen and oxygen atoms in total. The lowest BCUT2D eigenvalue weighted by Crippen LogP contribution is -2.37. The lowest BCUT2D eigenvalue weighted by molar-refractivity contribution is -0.114. The summed E-state index contributed by atoms with van der Waals surface area (Å²) in [7, 11) is -3.56. The largest absolute Gasteiger partial charge is 0.326 e. The molecule has 0 aromatic heterocycles. The summed E-state index contributed by atoms with van der Waals surface area (Å²) in [6, 6.07) is 4.92. The average Bonchev–Trinajstić information content (AvgIpc) is 2.91. The second-order valence-corrected chi connectivity index (χ2v) is 7.07. The highest BCUT2D eigenvalue weighted by Crippen LogP contribution is 2.20. The number of benzene rings is 1. The van der Waals surface area contributed by atoms with Crippen molar-refractivity contribution in [2.45, 2.75) is 37.6 Å². The van der Waals surface area contributed by atoms with E-state index >= 15 is 0 Å². The lowest BCUT2D eigenvalue weighted by atomic mass is 10.2. The van der Waals surface area contributed by atoms with E-state index < -0.39 is 10.0 Å². The molecule has 1 aromatic rings. The number of hydrogen-bond acceptors (Lipinski definition) is 4. The van der Waals surface area contributed by atoms with E-state index in [1.807, 2.05) is 6.92 Å². The molecule has 1 fully saturated rings. The number of carbonyl (C=O) groups is 1. The first-order valence-electron chi connectivity index (χ1n) is 7.00. The molecule has 1 unspecified atom stereocenters. The van der Waals surface area contributed by atoms with E-state index in [-0.39, 0.29) is 16.8 Å². The first kappa shape index (κ1) is 15.9. The Morgan fingerprint density at radius 2 is 2.19 bits per heavy atom. The Bertz CT molecular complexity index is 622. The third-order valence-corrected chi connectivity index (χ3v) is 4.93. The number of rotatable bonds is 5. The predicted molar refractivity (Wildman–Crippen MR) is 81.7 cm³/mol. The summed E-state index contributed by atoms with van der Waals surface area (Å²) >= 11 is 0. The van der Waals surface area contributed by atoms with Crippen molar-refractivity contribution in [2.24, 2.45) is 0 Å². The maximum atomic E-state index is 12.3. The minimum absolute atomic E-state index is 0.162. The molecule has 1 aliphatic heterocycles. The van der Waals surface area contributed by atoms with Crippen molar-refractivity contribution in [1.29, 1.82) is 0 Å². The molecule has 0 aliphatic carbocycles. The van der Waals surface area contributed by atoms with E-state index in [9.17, 15) is 13.2 Å². The van der Waals surface area contributed by atoms with Crippen LogP contribution in [-0.2, 0) is 14.8 Å². The van der Waals surface area contributed by atoms with Gasteiger partial charge in [0.25, 0.3) is 0 Å². The smallest absolute Gasteiger partial charge is 0.240 e. The van der Waals surface area contributed by atoms with Gasteiger partial charge >= 0.3 is 0 Å². The number of aryl methyl sites for hydroxylation is 1. The molecule has 0 bridgehead atoms. The van der Waals surface area contributed by atoms with E-state index in [2.05, 4.69) is 15.4 Å². The van der Waals surface area contributed by atoms with Crippen LogP contribution in [0.3, 0.4) is 0 Å². The number of carbonyl (C=O) groups excluding carboxylic acids is 1. The summed E-state index contributed by atoms with van der Waals surface area (Å²) in [5, 5.41) is 5.88. The van der Waals surface area contributed by atoms with Gasteiger partial charge in [-0.25, -0.2) is 13.1 Å². The minimum Gasteiger partial charge on any atom is -0.326 e. The van der Waals surface area contributed by atoms with Crippen LogP contribution in [0.15, 0.2) is 23.1 Å². The van der Waals surface area contributed by atoms with Crippen molar-refractivity contribution in [3.05, 3.63) is 23.8 Å². The zero-order valence-corrected chi connectivity index (χ0v) is 13.1. The van der Waals surface area contributed by atoms with Gasteiger partial charge in [0.2, 0.25) is 15.9 Å². The molecule has 1 aliphatic rings. The average molecular weight is 311 g/mol. The van der Waals surface area contributed by atoms with E-state index in [0.29, 0.717) is 12.2 Å². The van der Waals surface area contributed by atoms with Crippen molar-refractivity contribution in [3.8, 4) is 0 Å². The fourth-order valence-electron chi connectivity index (χ4n) is 2.32. The van der Waals surface area contributed by atoms with Crippen LogP contribution in [0.2, 0.25) is 0 Å². The summed E-state index contributed by atoms with van der Waals surface area (Å²) in [5.41, 5.74) is 1.34. The first-order valence-corrected chi connectivity index (χ1v) is 8.48. The van der Waals surface area contributed by atoms with Gasteiger partial charge in [0.05, 0.1) is 4.90 Å². The van der Waals surface area contributed by atoms with Gasteiger partial charge in [0, 0.05) is 25.2 Å². The van der Waals surface area contributed by atoms with Crippen molar-refractivity contribution in [1.82, 2.24) is 10.0 Å². The summed E-state index contributed by atoms with van der Waals surface area (Å²) in [5.74, 6) is -0.226. The number of hydrogen-bond donors (Lipinski definition) is 3. The van der Waals surface area contributed by atoms with Crippen molar-refractivity contribution in [3.63, 3.8) is 0 Å². The minimum atomic E-state index is -3.56. The van der Waals surface area contributed by atoms with Crippen LogP contribution in [0.1, 0.15) is 25.3 Å². The van der Waals surface area contributed by atoms with E-state index in [1.165, 1.54) is 13.0 Å². The zero-order chi connectivity index (χ0) is 15.5. The molecule has 3 N–H and O–H groups in total. The highest BCUT2D eigenvalue weighted by molar-refractivity contribution is 7.89. The summed E-state index contributed by atoms with van der Waals surface area (Å²) in [6.45, 7) is 4.53. The van der Waals surface area contributed by atoms with Crippen LogP contribution < -0.4 is 15.4 Å². The predicted octanol–water partition coefficient (Wildman–Crippen LogP) is 0.984.